The molecule has 0 fully saturated rings. The van der Waals surface area contributed by atoms with Crippen molar-refractivity contribution in [3.63, 3.8) is 0 Å². The summed E-state index contributed by atoms with van der Waals surface area (Å²) in [6.45, 7) is 1.62. The Kier molecular flexibility index (Phi) is 2.82. The van der Waals surface area contributed by atoms with E-state index in [0.29, 0.717) is 5.25 Å². The molecule has 0 unspecified atom stereocenters. The molecule has 0 amide bonds. The van der Waals surface area contributed by atoms with Gasteiger partial charge in [-0.2, -0.15) is 0 Å². The Morgan fingerprint density at radius 3 is 2.29 bits per heavy atom. The van der Waals surface area contributed by atoms with Gasteiger partial charge in [-0.15, -0.1) is 0 Å². The van der Waals surface area contributed by atoms with Crippen LogP contribution in [0.25, 0.3) is 0 Å². The van der Waals surface area contributed by atoms with Crippen LogP contribution in [0.2, 0.25) is 5.25 Å². The van der Waals surface area contributed by atoms with E-state index < -0.39 is 19.1 Å². The van der Waals surface area contributed by atoms with Gasteiger partial charge in [0, 0.05) is 0 Å². The second-order valence-electron chi connectivity index (χ2n) is 1.08. The van der Waals surface area contributed by atoms with E-state index in [1.54, 1.807) is 6.92 Å². The first kappa shape index (κ1) is 6.81. The van der Waals surface area contributed by atoms with Gasteiger partial charge in [-0.1, -0.05) is 0 Å². The predicted octanol–water partition coefficient (Wildman–Crippen LogP) is 0.688. The topological polar surface area (TPSA) is 54.4 Å². The Balaban J connectivity index is 3.58. The van der Waals surface area contributed by atoms with E-state index in [1.165, 1.54) is 0 Å². The fourth-order valence-corrected chi connectivity index (χ4v) is 0.786. The van der Waals surface area contributed by atoms with Crippen LogP contribution in [-0.2, 0) is 3.78 Å². The Morgan fingerprint density at radius 1 is 1.86 bits per heavy atom. The third-order valence-corrected chi connectivity index (χ3v) is 2.91. The molecular formula is C3H6GeO3. The van der Waals surface area contributed by atoms with Gasteiger partial charge in [0.25, 0.3) is 0 Å². The van der Waals surface area contributed by atoms with Gasteiger partial charge in [-0.25, -0.2) is 0 Å². The number of hydrogen-bond acceptors (Lipinski definition) is 2. The summed E-state index contributed by atoms with van der Waals surface area (Å²) in [5.74, 6) is 0. The van der Waals surface area contributed by atoms with Gasteiger partial charge < -0.3 is 0 Å². The molecule has 0 heterocycles. The van der Waals surface area contributed by atoms with Gasteiger partial charge in [0.15, 0.2) is 0 Å². The molecular weight excluding hydrogens is 157 g/mol. The molecule has 0 aliphatic carbocycles. The van der Waals surface area contributed by atoms with Crippen LogP contribution < -0.4 is 0 Å². The molecule has 0 aromatic carbocycles. The molecule has 4 heteroatoms. The van der Waals surface area contributed by atoms with Gasteiger partial charge >= 0.3 is 44.9 Å². The number of carbonyl (C=O) groups is 1. The third-order valence-electron chi connectivity index (χ3n) is 0.560. The molecule has 0 spiro atoms. The number of hydrogen-bond donors (Lipinski definition) is 1. The molecule has 0 radical (unpaired) electrons. The summed E-state index contributed by atoms with van der Waals surface area (Å²) in [5, 5.41) is 8.27. The molecule has 0 saturated heterocycles. The van der Waals surface area contributed by atoms with E-state index >= 15 is 0 Å². The van der Waals surface area contributed by atoms with Crippen molar-refractivity contribution in [1.82, 2.24) is 0 Å². The van der Waals surface area contributed by atoms with E-state index in [-0.39, 0.29) is 0 Å². The molecule has 0 aromatic heterocycles. The maximum absolute atomic E-state index is 10.2. The Labute approximate surface area is 45.7 Å². The van der Waals surface area contributed by atoms with Crippen molar-refractivity contribution in [1.29, 1.82) is 0 Å². The third kappa shape index (κ3) is 2.50. The summed E-state index contributed by atoms with van der Waals surface area (Å²) in [6.07, 6.45) is 0. The Morgan fingerprint density at radius 2 is 2.29 bits per heavy atom. The summed E-state index contributed by atoms with van der Waals surface area (Å²) in [6, 6.07) is 0. The van der Waals surface area contributed by atoms with Gasteiger partial charge in [0.2, 0.25) is 0 Å². The minimum atomic E-state index is -2.82. The van der Waals surface area contributed by atoms with Crippen molar-refractivity contribution in [2.45, 2.75) is 12.2 Å². The van der Waals surface area contributed by atoms with Crippen molar-refractivity contribution < 1.29 is 13.7 Å². The summed E-state index contributed by atoms with van der Waals surface area (Å²) in [5.41, 5.74) is 0. The number of rotatable bonds is 2. The van der Waals surface area contributed by atoms with Crippen molar-refractivity contribution in [2.75, 3.05) is 0 Å². The Hall–Kier alpha value is -0.187. The molecule has 0 atom stereocenters. The van der Waals surface area contributed by atoms with Crippen molar-refractivity contribution in [3.05, 3.63) is 0 Å². The summed E-state index contributed by atoms with van der Waals surface area (Å²) in [7, 11) is 0. The SMILES string of the molecule is C[CH2][Ge](=[O])[C](=O)O. The van der Waals surface area contributed by atoms with E-state index in [4.69, 9.17) is 5.11 Å². The molecule has 0 aliphatic heterocycles. The van der Waals surface area contributed by atoms with Crippen LogP contribution in [-0.4, -0.2) is 24.2 Å². The molecule has 0 aromatic rings. The second-order valence-corrected chi connectivity index (χ2v) is 5.24. The van der Waals surface area contributed by atoms with E-state index in [0.717, 1.165) is 0 Å². The normalized spacial score (nSPS) is 8.14. The van der Waals surface area contributed by atoms with Crippen molar-refractivity contribution in [3.8, 4) is 0 Å². The molecule has 40 valence electrons. The fraction of sp³-hybridized carbons (Fsp3) is 0.667. The number of carboxylic acid groups (broad SMARTS) is 1. The second kappa shape index (κ2) is 2.90. The molecule has 7 heavy (non-hydrogen) atoms. The molecule has 3 nitrogen and oxygen atoms in total. The monoisotopic (exact) mass is 164 g/mol. The van der Waals surface area contributed by atoms with E-state index in [2.05, 4.69) is 0 Å². The zero-order valence-electron chi connectivity index (χ0n) is 3.97. The van der Waals surface area contributed by atoms with Gasteiger partial charge in [0.05, 0.1) is 0 Å². The average molecular weight is 163 g/mol. The van der Waals surface area contributed by atoms with Crippen LogP contribution in [0.1, 0.15) is 6.92 Å². The first-order chi connectivity index (χ1) is 3.18. The first-order valence-corrected chi connectivity index (χ1v) is 5.33. The predicted molar refractivity (Wildman–Crippen MR) is 24.9 cm³/mol. The zero-order chi connectivity index (χ0) is 5.86. The van der Waals surface area contributed by atoms with Crippen LogP contribution in [0.4, 0.5) is 4.79 Å². The fourth-order valence-electron chi connectivity index (χ4n) is 0.151. The zero-order valence-corrected chi connectivity index (χ0v) is 6.07. The van der Waals surface area contributed by atoms with E-state index in [1.807, 2.05) is 0 Å². The molecule has 0 saturated carbocycles. The Bertz CT molecular complexity index is 98.4. The molecule has 0 aliphatic rings. The maximum atomic E-state index is 10.2. The van der Waals surface area contributed by atoms with Crippen LogP contribution >= 0.6 is 0 Å². The molecule has 0 bridgehead atoms. The molecule has 0 rings (SSSR count). The van der Waals surface area contributed by atoms with E-state index in [9.17, 15) is 8.57 Å². The van der Waals surface area contributed by atoms with Gasteiger partial charge in [-0.05, 0) is 0 Å². The summed E-state index contributed by atoms with van der Waals surface area (Å²) < 4.78 is 10.2. The molecule has 1 N–H and O–H groups in total. The van der Waals surface area contributed by atoms with Crippen LogP contribution in [0.15, 0.2) is 0 Å². The first-order valence-electron chi connectivity index (χ1n) is 1.94. The van der Waals surface area contributed by atoms with Gasteiger partial charge in [0.1, 0.15) is 0 Å². The van der Waals surface area contributed by atoms with Gasteiger partial charge in [-0.3, -0.25) is 0 Å². The van der Waals surface area contributed by atoms with Crippen molar-refractivity contribution in [2.24, 2.45) is 0 Å². The van der Waals surface area contributed by atoms with Crippen molar-refractivity contribution >= 4 is 19.1 Å². The average Bonchev–Trinajstić information content (AvgIpc) is 1.65. The van der Waals surface area contributed by atoms with Crippen LogP contribution in [0.5, 0.6) is 0 Å². The summed E-state index contributed by atoms with van der Waals surface area (Å²) >= 11 is -2.82. The quantitative estimate of drug-likeness (QED) is 0.608. The van der Waals surface area contributed by atoms with Crippen LogP contribution in [0, 0.1) is 0 Å². The summed E-state index contributed by atoms with van der Waals surface area (Å²) in [4.78, 5) is 8.60. The van der Waals surface area contributed by atoms with Crippen LogP contribution in [0.3, 0.4) is 0 Å². The standard InChI is InChI=1S/C3H6GeO3/c1-2-4(7)3(5)6/h2H2,1H3,(H,5,6). The minimum absolute atomic E-state index is 0.329.